The molecule has 0 aliphatic heterocycles. The lowest BCUT2D eigenvalue weighted by Crippen LogP contribution is -2.28. The van der Waals surface area contributed by atoms with Gasteiger partial charge in [0.15, 0.2) is 9.84 Å². The largest absolute Gasteiger partial charge is 0.323 e. The zero-order valence-electron chi connectivity index (χ0n) is 13.0. The molecule has 0 aromatic heterocycles. The van der Waals surface area contributed by atoms with Crippen molar-refractivity contribution in [3.63, 3.8) is 0 Å². The highest BCUT2D eigenvalue weighted by molar-refractivity contribution is 7.92. The van der Waals surface area contributed by atoms with Crippen LogP contribution in [0.25, 0.3) is 0 Å². The van der Waals surface area contributed by atoms with Crippen LogP contribution in [0, 0.1) is 5.92 Å². The van der Waals surface area contributed by atoms with E-state index in [4.69, 9.17) is 5.73 Å². The predicted molar refractivity (Wildman–Crippen MR) is 85.5 cm³/mol. The third-order valence-electron chi connectivity index (χ3n) is 3.65. The van der Waals surface area contributed by atoms with Crippen molar-refractivity contribution >= 4 is 9.84 Å². The Kier molecular flexibility index (Phi) is 6.21. The lowest BCUT2D eigenvalue weighted by molar-refractivity contribution is 0.574. The van der Waals surface area contributed by atoms with Gasteiger partial charge in [0.05, 0.1) is 11.0 Å². The lowest BCUT2D eigenvalue weighted by Gasteiger charge is -2.16. The SMILES string of the molecule is CCC(C)S(=O)(=O)CC(N)c1ccc(CC(C)C)cc1. The standard InChI is InChI=1S/C16H27NO2S/c1-5-13(4)20(18,19)11-16(17)15-8-6-14(7-9-15)10-12(2)3/h6-9,12-13,16H,5,10-11,17H2,1-4H3. The van der Waals surface area contributed by atoms with Crippen LogP contribution in [0.1, 0.15) is 51.3 Å². The summed E-state index contributed by atoms with van der Waals surface area (Å²) < 4.78 is 24.2. The van der Waals surface area contributed by atoms with E-state index in [0.717, 1.165) is 12.0 Å². The quantitative estimate of drug-likeness (QED) is 0.841. The van der Waals surface area contributed by atoms with Crippen LogP contribution >= 0.6 is 0 Å². The first-order valence-electron chi connectivity index (χ1n) is 7.32. The van der Waals surface area contributed by atoms with E-state index in [2.05, 4.69) is 13.8 Å². The smallest absolute Gasteiger partial charge is 0.154 e. The van der Waals surface area contributed by atoms with Crippen LogP contribution in [0.5, 0.6) is 0 Å². The molecule has 20 heavy (non-hydrogen) atoms. The molecule has 0 spiro atoms. The van der Waals surface area contributed by atoms with E-state index in [9.17, 15) is 8.42 Å². The number of rotatable bonds is 7. The van der Waals surface area contributed by atoms with Gasteiger partial charge in [-0.25, -0.2) is 8.42 Å². The van der Waals surface area contributed by atoms with E-state index in [-0.39, 0.29) is 11.0 Å². The molecule has 0 saturated carbocycles. The average molecular weight is 297 g/mol. The summed E-state index contributed by atoms with van der Waals surface area (Å²) in [4.78, 5) is 0. The van der Waals surface area contributed by atoms with Crippen molar-refractivity contribution in [2.24, 2.45) is 11.7 Å². The maximum atomic E-state index is 12.1. The van der Waals surface area contributed by atoms with Gasteiger partial charge in [0.1, 0.15) is 0 Å². The molecule has 0 heterocycles. The molecule has 1 aromatic rings. The molecule has 0 bridgehead atoms. The van der Waals surface area contributed by atoms with E-state index < -0.39 is 15.9 Å². The number of hydrogen-bond donors (Lipinski definition) is 1. The van der Waals surface area contributed by atoms with E-state index in [1.807, 2.05) is 31.2 Å². The highest BCUT2D eigenvalue weighted by Crippen LogP contribution is 2.18. The molecule has 2 N–H and O–H groups in total. The highest BCUT2D eigenvalue weighted by Gasteiger charge is 2.23. The third-order valence-corrected chi connectivity index (χ3v) is 6.03. The third kappa shape index (κ3) is 4.91. The second kappa shape index (κ2) is 7.23. The molecule has 3 nitrogen and oxygen atoms in total. The van der Waals surface area contributed by atoms with Gasteiger partial charge < -0.3 is 5.73 Å². The molecule has 0 aliphatic carbocycles. The summed E-state index contributed by atoms with van der Waals surface area (Å²) in [6.07, 6.45) is 1.66. The molecule has 0 aliphatic rings. The van der Waals surface area contributed by atoms with Crippen molar-refractivity contribution in [2.45, 2.75) is 51.8 Å². The van der Waals surface area contributed by atoms with Gasteiger partial charge in [0, 0.05) is 6.04 Å². The van der Waals surface area contributed by atoms with Crippen LogP contribution in [0.2, 0.25) is 0 Å². The van der Waals surface area contributed by atoms with Crippen molar-refractivity contribution in [3.05, 3.63) is 35.4 Å². The van der Waals surface area contributed by atoms with Gasteiger partial charge in [-0.3, -0.25) is 0 Å². The Hall–Kier alpha value is -0.870. The van der Waals surface area contributed by atoms with Gasteiger partial charge in [-0.2, -0.15) is 0 Å². The molecular weight excluding hydrogens is 270 g/mol. The first-order valence-corrected chi connectivity index (χ1v) is 9.03. The fourth-order valence-electron chi connectivity index (χ4n) is 2.14. The summed E-state index contributed by atoms with van der Waals surface area (Å²) in [5.74, 6) is 0.631. The van der Waals surface area contributed by atoms with Crippen LogP contribution in [0.4, 0.5) is 0 Å². The molecule has 2 atom stereocenters. The van der Waals surface area contributed by atoms with Crippen LogP contribution in [0.15, 0.2) is 24.3 Å². The van der Waals surface area contributed by atoms with Crippen molar-refractivity contribution < 1.29 is 8.42 Å². The minimum Gasteiger partial charge on any atom is -0.323 e. The van der Waals surface area contributed by atoms with Crippen LogP contribution < -0.4 is 5.73 Å². The molecule has 1 aromatic carbocycles. The molecule has 0 fully saturated rings. The fraction of sp³-hybridized carbons (Fsp3) is 0.625. The number of nitrogens with two attached hydrogens (primary N) is 1. The Bertz CT molecular complexity index is 506. The zero-order chi connectivity index (χ0) is 15.3. The zero-order valence-corrected chi connectivity index (χ0v) is 13.8. The van der Waals surface area contributed by atoms with Crippen molar-refractivity contribution in [3.8, 4) is 0 Å². The van der Waals surface area contributed by atoms with Crippen LogP contribution in [-0.4, -0.2) is 19.4 Å². The topological polar surface area (TPSA) is 60.2 Å². The summed E-state index contributed by atoms with van der Waals surface area (Å²) in [7, 11) is -3.11. The lowest BCUT2D eigenvalue weighted by atomic mass is 10.0. The number of sulfone groups is 1. The predicted octanol–water partition coefficient (Wildman–Crippen LogP) is 3.10. The van der Waals surface area contributed by atoms with Crippen LogP contribution in [0.3, 0.4) is 0 Å². The highest BCUT2D eigenvalue weighted by atomic mass is 32.2. The monoisotopic (exact) mass is 297 g/mol. The molecule has 2 unspecified atom stereocenters. The Morgan fingerprint density at radius 1 is 1.10 bits per heavy atom. The van der Waals surface area contributed by atoms with Crippen LogP contribution in [-0.2, 0) is 16.3 Å². The molecule has 0 saturated heterocycles. The van der Waals surface area contributed by atoms with Gasteiger partial charge in [-0.05, 0) is 36.8 Å². The van der Waals surface area contributed by atoms with E-state index in [0.29, 0.717) is 12.3 Å². The normalized spacial score (nSPS) is 15.3. The Balaban J connectivity index is 2.75. The number of benzene rings is 1. The second-order valence-electron chi connectivity index (χ2n) is 5.99. The van der Waals surface area contributed by atoms with Gasteiger partial charge in [-0.15, -0.1) is 0 Å². The molecule has 0 radical (unpaired) electrons. The summed E-state index contributed by atoms with van der Waals surface area (Å²) in [5, 5.41) is -0.325. The molecule has 4 heteroatoms. The van der Waals surface area contributed by atoms with E-state index in [1.165, 1.54) is 5.56 Å². The van der Waals surface area contributed by atoms with Gasteiger partial charge in [0.2, 0.25) is 0 Å². The first-order chi connectivity index (χ1) is 9.26. The summed E-state index contributed by atoms with van der Waals surface area (Å²) in [6.45, 7) is 7.99. The molecular formula is C16H27NO2S. The van der Waals surface area contributed by atoms with Gasteiger partial charge >= 0.3 is 0 Å². The van der Waals surface area contributed by atoms with Gasteiger partial charge in [0.25, 0.3) is 0 Å². The Labute approximate surface area is 123 Å². The maximum absolute atomic E-state index is 12.1. The minimum absolute atomic E-state index is 0.0194. The van der Waals surface area contributed by atoms with Gasteiger partial charge in [-0.1, -0.05) is 45.0 Å². The van der Waals surface area contributed by atoms with Crippen molar-refractivity contribution in [1.82, 2.24) is 0 Å². The Morgan fingerprint density at radius 2 is 1.65 bits per heavy atom. The summed E-state index contributed by atoms with van der Waals surface area (Å²) >= 11 is 0. The fourth-order valence-corrected chi connectivity index (χ4v) is 3.67. The van der Waals surface area contributed by atoms with Crippen molar-refractivity contribution in [1.29, 1.82) is 0 Å². The minimum atomic E-state index is -3.11. The maximum Gasteiger partial charge on any atom is 0.154 e. The molecule has 1 rings (SSSR count). The summed E-state index contributed by atoms with van der Waals surface area (Å²) in [5.41, 5.74) is 8.20. The average Bonchev–Trinajstić information content (AvgIpc) is 2.37. The number of hydrogen-bond acceptors (Lipinski definition) is 3. The Morgan fingerprint density at radius 3 is 2.10 bits per heavy atom. The summed E-state index contributed by atoms with van der Waals surface area (Å²) in [6, 6.07) is 7.56. The molecule has 114 valence electrons. The van der Waals surface area contributed by atoms with E-state index >= 15 is 0 Å². The second-order valence-corrected chi connectivity index (χ2v) is 8.46. The van der Waals surface area contributed by atoms with E-state index in [1.54, 1.807) is 6.92 Å². The van der Waals surface area contributed by atoms with Crippen molar-refractivity contribution in [2.75, 3.05) is 5.75 Å². The molecule has 0 amide bonds. The first kappa shape index (κ1) is 17.2.